The molecule has 0 unspecified atom stereocenters. The van der Waals surface area contributed by atoms with Crippen molar-refractivity contribution in [2.45, 2.75) is 69.6 Å². The van der Waals surface area contributed by atoms with Crippen LogP contribution >= 0.6 is 0 Å². The highest BCUT2D eigenvalue weighted by molar-refractivity contribution is 5.78. The van der Waals surface area contributed by atoms with Gasteiger partial charge in [-0.3, -0.25) is 9.59 Å². The van der Waals surface area contributed by atoms with E-state index in [9.17, 15) is 9.59 Å². The second-order valence-electron chi connectivity index (χ2n) is 8.82. The predicted molar refractivity (Wildman–Crippen MR) is 112 cm³/mol. The molecular formula is C23H33N3O3. The smallest absolute Gasteiger partial charge is 0.222 e. The Morgan fingerprint density at radius 1 is 1.31 bits per heavy atom. The Bertz CT molecular complexity index is 743. The maximum absolute atomic E-state index is 12.7. The number of carbonyl (C=O) groups excluding carboxylic acids is 2. The van der Waals surface area contributed by atoms with Crippen LogP contribution in [-0.2, 0) is 16.1 Å². The monoisotopic (exact) mass is 399 g/mol. The zero-order valence-corrected chi connectivity index (χ0v) is 17.5. The number of hydrogen-bond donors (Lipinski definition) is 1. The highest BCUT2D eigenvalue weighted by Gasteiger charge is 2.40. The van der Waals surface area contributed by atoms with Crippen molar-refractivity contribution >= 4 is 11.8 Å². The Kier molecular flexibility index (Phi) is 6.09. The van der Waals surface area contributed by atoms with Crippen molar-refractivity contribution < 1.29 is 14.3 Å². The van der Waals surface area contributed by atoms with Crippen molar-refractivity contribution in [1.29, 1.82) is 0 Å². The topological polar surface area (TPSA) is 61.9 Å². The first-order valence-corrected chi connectivity index (χ1v) is 11.1. The number of nitrogens with zero attached hydrogens (tertiary/aromatic N) is 2. The van der Waals surface area contributed by atoms with E-state index in [1.807, 2.05) is 22.9 Å². The summed E-state index contributed by atoms with van der Waals surface area (Å²) in [6.45, 7) is 3.27. The lowest BCUT2D eigenvalue weighted by molar-refractivity contribution is -0.134. The molecule has 1 saturated heterocycles. The molecule has 2 heterocycles. The van der Waals surface area contributed by atoms with Gasteiger partial charge in [0, 0.05) is 57.7 Å². The molecule has 1 saturated carbocycles. The molecule has 0 bridgehead atoms. The van der Waals surface area contributed by atoms with Gasteiger partial charge in [0.1, 0.15) is 11.4 Å². The van der Waals surface area contributed by atoms with Gasteiger partial charge in [0.25, 0.3) is 0 Å². The summed E-state index contributed by atoms with van der Waals surface area (Å²) in [5.74, 6) is 1.43. The quantitative estimate of drug-likeness (QED) is 0.827. The molecule has 6 nitrogen and oxygen atoms in total. The van der Waals surface area contributed by atoms with E-state index in [0.29, 0.717) is 19.4 Å². The zero-order chi connectivity index (χ0) is 20.3. The van der Waals surface area contributed by atoms with Crippen LogP contribution in [0.3, 0.4) is 0 Å². The fourth-order valence-corrected chi connectivity index (χ4v) is 4.98. The fourth-order valence-electron chi connectivity index (χ4n) is 4.98. The van der Waals surface area contributed by atoms with E-state index >= 15 is 0 Å². The second-order valence-corrected chi connectivity index (χ2v) is 8.82. The minimum atomic E-state index is -0.164. The Hall–Kier alpha value is -2.08. The average molecular weight is 400 g/mol. The van der Waals surface area contributed by atoms with E-state index in [0.717, 1.165) is 63.9 Å². The van der Waals surface area contributed by atoms with Gasteiger partial charge in [-0.2, -0.15) is 0 Å². The van der Waals surface area contributed by atoms with Crippen LogP contribution < -0.4 is 10.1 Å². The van der Waals surface area contributed by atoms with Gasteiger partial charge in [-0.05, 0) is 44.6 Å². The predicted octanol–water partition coefficient (Wildman–Crippen LogP) is 2.71. The molecule has 158 valence electrons. The average Bonchev–Trinajstić information content (AvgIpc) is 3.04. The Balaban J connectivity index is 1.26. The second kappa shape index (κ2) is 8.74. The van der Waals surface area contributed by atoms with E-state index in [-0.39, 0.29) is 23.5 Å². The Morgan fingerprint density at radius 2 is 2.10 bits per heavy atom. The lowest BCUT2D eigenvalue weighted by Gasteiger charge is -2.42. The van der Waals surface area contributed by atoms with Crippen molar-refractivity contribution in [2.75, 3.05) is 26.7 Å². The summed E-state index contributed by atoms with van der Waals surface area (Å²) in [4.78, 5) is 28.2. The molecule has 1 N–H and O–H groups in total. The summed E-state index contributed by atoms with van der Waals surface area (Å²) in [5.41, 5.74) is 1.05. The molecule has 1 spiro atoms. The van der Waals surface area contributed by atoms with Gasteiger partial charge >= 0.3 is 0 Å². The molecule has 1 aromatic rings. The summed E-state index contributed by atoms with van der Waals surface area (Å²) >= 11 is 0. The highest BCUT2D eigenvalue weighted by Crippen LogP contribution is 2.37. The van der Waals surface area contributed by atoms with Gasteiger partial charge in [0.05, 0.1) is 0 Å². The number of nitrogens with one attached hydrogen (secondary N) is 1. The number of likely N-dealkylation sites (tertiary alicyclic amines) is 1. The summed E-state index contributed by atoms with van der Waals surface area (Å²) in [6.07, 6.45) is 6.75. The Labute approximate surface area is 173 Å². The lowest BCUT2D eigenvalue weighted by atomic mass is 9.81. The number of amides is 2. The van der Waals surface area contributed by atoms with E-state index in [1.54, 1.807) is 0 Å². The number of benzene rings is 1. The SMILES string of the molecule is CN(C(=O)CCCN1CCCC1=O)C1CCC2(CC1)CNCc1ccccc1O2. The number of fused-ring (bicyclic) bond motifs is 1. The summed E-state index contributed by atoms with van der Waals surface area (Å²) in [5, 5.41) is 3.55. The number of carbonyl (C=O) groups is 2. The van der Waals surface area contributed by atoms with Crippen molar-refractivity contribution in [2.24, 2.45) is 0 Å². The standard InChI is InChI=1S/C23H33N3O3/c1-25(21(27)8-4-14-26-15-5-9-22(26)28)19-10-12-23(13-11-19)17-24-16-18-6-2-3-7-20(18)29-23/h2-3,6-7,19,24H,4-5,8-17H2,1H3. The van der Waals surface area contributed by atoms with Crippen molar-refractivity contribution in [3.63, 3.8) is 0 Å². The molecule has 3 aliphatic rings. The lowest BCUT2D eigenvalue weighted by Crippen LogP contribution is -2.51. The van der Waals surface area contributed by atoms with Gasteiger partial charge in [0.15, 0.2) is 0 Å². The molecular weight excluding hydrogens is 366 g/mol. The van der Waals surface area contributed by atoms with Crippen LogP contribution in [0.1, 0.15) is 56.9 Å². The fraction of sp³-hybridized carbons (Fsp3) is 0.652. The van der Waals surface area contributed by atoms with Gasteiger partial charge in [-0.15, -0.1) is 0 Å². The van der Waals surface area contributed by atoms with Gasteiger partial charge in [-0.25, -0.2) is 0 Å². The minimum Gasteiger partial charge on any atom is -0.486 e. The molecule has 2 fully saturated rings. The third kappa shape index (κ3) is 4.58. The molecule has 6 heteroatoms. The van der Waals surface area contributed by atoms with Gasteiger partial charge in [-0.1, -0.05) is 18.2 Å². The normalized spacial score (nSPS) is 26.7. The third-order valence-electron chi connectivity index (χ3n) is 6.86. The molecule has 0 atom stereocenters. The number of para-hydroxylation sites is 1. The molecule has 0 radical (unpaired) electrons. The number of hydrogen-bond acceptors (Lipinski definition) is 4. The third-order valence-corrected chi connectivity index (χ3v) is 6.86. The van der Waals surface area contributed by atoms with Crippen LogP contribution in [0.4, 0.5) is 0 Å². The summed E-state index contributed by atoms with van der Waals surface area (Å²) < 4.78 is 6.50. The van der Waals surface area contributed by atoms with E-state index in [4.69, 9.17) is 4.74 Å². The zero-order valence-electron chi connectivity index (χ0n) is 17.5. The van der Waals surface area contributed by atoms with Crippen LogP contribution in [-0.4, -0.2) is 59.9 Å². The van der Waals surface area contributed by atoms with E-state index in [2.05, 4.69) is 23.5 Å². The minimum absolute atomic E-state index is 0.164. The first kappa shape index (κ1) is 20.2. The van der Waals surface area contributed by atoms with Crippen molar-refractivity contribution in [3.8, 4) is 5.75 Å². The number of rotatable bonds is 5. The summed E-state index contributed by atoms with van der Waals surface area (Å²) in [6, 6.07) is 8.56. The van der Waals surface area contributed by atoms with Crippen molar-refractivity contribution in [1.82, 2.24) is 15.1 Å². The summed E-state index contributed by atoms with van der Waals surface area (Å²) in [7, 11) is 1.94. The van der Waals surface area contributed by atoms with Gasteiger partial charge < -0.3 is 19.9 Å². The Morgan fingerprint density at radius 3 is 2.86 bits per heavy atom. The first-order valence-electron chi connectivity index (χ1n) is 11.1. The maximum atomic E-state index is 12.7. The molecule has 4 rings (SSSR count). The van der Waals surface area contributed by atoms with Crippen LogP contribution in [0.25, 0.3) is 0 Å². The first-order chi connectivity index (χ1) is 14.1. The highest BCUT2D eigenvalue weighted by atomic mass is 16.5. The molecule has 1 aliphatic carbocycles. The van der Waals surface area contributed by atoms with Crippen LogP contribution in [0.2, 0.25) is 0 Å². The van der Waals surface area contributed by atoms with Crippen molar-refractivity contribution in [3.05, 3.63) is 29.8 Å². The van der Waals surface area contributed by atoms with E-state index in [1.165, 1.54) is 5.56 Å². The molecule has 2 aliphatic heterocycles. The van der Waals surface area contributed by atoms with E-state index < -0.39 is 0 Å². The molecule has 1 aromatic carbocycles. The maximum Gasteiger partial charge on any atom is 0.222 e. The molecule has 0 aromatic heterocycles. The van der Waals surface area contributed by atoms with Crippen LogP contribution in [0, 0.1) is 0 Å². The van der Waals surface area contributed by atoms with Gasteiger partial charge in [0.2, 0.25) is 11.8 Å². The largest absolute Gasteiger partial charge is 0.486 e. The van der Waals surface area contributed by atoms with Crippen LogP contribution in [0.15, 0.2) is 24.3 Å². The van der Waals surface area contributed by atoms with Crippen LogP contribution in [0.5, 0.6) is 5.75 Å². The molecule has 29 heavy (non-hydrogen) atoms. The number of ether oxygens (including phenoxy) is 1. The molecule has 2 amide bonds.